The Bertz CT molecular complexity index is 824. The molecular formula is C14H12ClFN2O2S. The van der Waals surface area contributed by atoms with E-state index >= 15 is 0 Å². The van der Waals surface area contributed by atoms with Gasteiger partial charge in [0.2, 0.25) is 0 Å². The molecule has 3 rings (SSSR count). The van der Waals surface area contributed by atoms with Crippen LogP contribution in [-0.4, -0.2) is 15.0 Å². The molecule has 2 N–H and O–H groups in total. The van der Waals surface area contributed by atoms with Gasteiger partial charge in [-0.15, -0.1) is 0 Å². The predicted octanol–water partition coefficient (Wildman–Crippen LogP) is 2.81. The summed E-state index contributed by atoms with van der Waals surface area (Å²) in [4.78, 5) is -0.0629. The lowest BCUT2D eigenvalue weighted by molar-refractivity contribution is 0.592. The Balaban J connectivity index is 2.13. The quantitative estimate of drug-likeness (QED) is 0.863. The standard InChI is InChI=1S/C14H12ClFN2O2S/c15-10-2-4-12(17)14(7-10)21(19,20)18-6-5-9-1-3-11(16)8-13(9)18/h1-4,7-8H,5-6,17H2. The topological polar surface area (TPSA) is 63.4 Å². The molecular weight excluding hydrogens is 315 g/mol. The molecule has 2 aromatic rings. The van der Waals surface area contributed by atoms with E-state index in [1.165, 1.54) is 34.6 Å². The van der Waals surface area contributed by atoms with Crippen LogP contribution < -0.4 is 10.0 Å². The number of fused-ring (bicyclic) bond motifs is 1. The molecule has 0 radical (unpaired) electrons. The van der Waals surface area contributed by atoms with E-state index in [4.69, 9.17) is 17.3 Å². The second-order valence-corrected chi connectivity index (χ2v) is 7.05. The fourth-order valence-corrected chi connectivity index (χ4v) is 4.30. The highest BCUT2D eigenvalue weighted by molar-refractivity contribution is 7.93. The predicted molar refractivity (Wildman–Crippen MR) is 80.5 cm³/mol. The molecule has 2 aromatic carbocycles. The Kier molecular flexibility index (Phi) is 3.30. The minimum Gasteiger partial charge on any atom is -0.398 e. The van der Waals surface area contributed by atoms with Gasteiger partial charge in [-0.3, -0.25) is 4.31 Å². The van der Waals surface area contributed by atoms with E-state index < -0.39 is 15.8 Å². The number of nitrogens with two attached hydrogens (primary N) is 1. The van der Waals surface area contributed by atoms with Crippen LogP contribution in [-0.2, 0) is 16.4 Å². The van der Waals surface area contributed by atoms with E-state index in [9.17, 15) is 12.8 Å². The van der Waals surface area contributed by atoms with Crippen LogP contribution in [0.4, 0.5) is 15.8 Å². The summed E-state index contributed by atoms with van der Waals surface area (Å²) < 4.78 is 40.1. The molecule has 1 heterocycles. The van der Waals surface area contributed by atoms with Gasteiger partial charge in [0.25, 0.3) is 10.0 Å². The molecule has 21 heavy (non-hydrogen) atoms. The van der Waals surface area contributed by atoms with E-state index in [2.05, 4.69) is 0 Å². The van der Waals surface area contributed by atoms with E-state index in [0.717, 1.165) is 5.56 Å². The summed E-state index contributed by atoms with van der Waals surface area (Å²) in [5.74, 6) is -0.477. The van der Waals surface area contributed by atoms with Gasteiger partial charge in [-0.05, 0) is 42.3 Å². The van der Waals surface area contributed by atoms with Crippen molar-refractivity contribution >= 4 is 33.0 Å². The number of hydrogen-bond donors (Lipinski definition) is 1. The van der Waals surface area contributed by atoms with E-state index in [1.807, 2.05) is 0 Å². The third kappa shape index (κ3) is 2.34. The van der Waals surface area contributed by atoms with Crippen LogP contribution in [0.2, 0.25) is 5.02 Å². The highest BCUT2D eigenvalue weighted by atomic mass is 35.5. The summed E-state index contributed by atoms with van der Waals surface area (Å²) in [6.07, 6.45) is 0.537. The highest BCUT2D eigenvalue weighted by Gasteiger charge is 2.32. The molecule has 0 saturated heterocycles. The molecule has 0 bridgehead atoms. The van der Waals surface area contributed by atoms with Gasteiger partial charge >= 0.3 is 0 Å². The van der Waals surface area contributed by atoms with Gasteiger partial charge in [0.05, 0.1) is 11.4 Å². The molecule has 0 aliphatic carbocycles. The minimum absolute atomic E-state index is 0.0629. The molecule has 1 aliphatic heterocycles. The molecule has 0 unspecified atom stereocenters. The Morgan fingerprint density at radius 3 is 2.71 bits per heavy atom. The van der Waals surface area contributed by atoms with Crippen LogP contribution in [0.1, 0.15) is 5.56 Å². The Morgan fingerprint density at radius 2 is 1.95 bits per heavy atom. The van der Waals surface area contributed by atoms with Gasteiger partial charge < -0.3 is 5.73 Å². The second kappa shape index (κ2) is 4.89. The fourth-order valence-electron chi connectivity index (χ4n) is 2.42. The number of halogens is 2. The van der Waals surface area contributed by atoms with Crippen molar-refractivity contribution in [1.29, 1.82) is 0 Å². The number of nitrogen functional groups attached to an aromatic ring is 1. The highest BCUT2D eigenvalue weighted by Crippen LogP contribution is 2.35. The molecule has 0 amide bonds. The smallest absolute Gasteiger partial charge is 0.266 e. The van der Waals surface area contributed by atoms with Gasteiger partial charge in [-0.25, -0.2) is 12.8 Å². The normalized spacial score (nSPS) is 14.3. The lowest BCUT2D eigenvalue weighted by Gasteiger charge is -2.20. The minimum atomic E-state index is -3.86. The fraction of sp³-hybridized carbons (Fsp3) is 0.143. The number of rotatable bonds is 2. The lowest BCUT2D eigenvalue weighted by atomic mass is 10.2. The molecule has 0 spiro atoms. The van der Waals surface area contributed by atoms with Crippen molar-refractivity contribution < 1.29 is 12.8 Å². The number of hydrogen-bond acceptors (Lipinski definition) is 3. The van der Waals surface area contributed by atoms with Gasteiger partial charge in [0, 0.05) is 11.6 Å². The first-order valence-electron chi connectivity index (χ1n) is 6.26. The van der Waals surface area contributed by atoms with Crippen LogP contribution in [0, 0.1) is 5.82 Å². The van der Waals surface area contributed by atoms with Crippen molar-refractivity contribution in [2.75, 3.05) is 16.6 Å². The van der Waals surface area contributed by atoms with Crippen LogP contribution in [0.15, 0.2) is 41.3 Å². The Hall–Kier alpha value is -1.79. The van der Waals surface area contributed by atoms with Crippen molar-refractivity contribution in [1.82, 2.24) is 0 Å². The van der Waals surface area contributed by atoms with Crippen molar-refractivity contribution in [2.24, 2.45) is 0 Å². The first-order chi connectivity index (χ1) is 9.89. The number of anilines is 2. The first kappa shape index (κ1) is 14.2. The van der Waals surface area contributed by atoms with E-state index in [0.29, 0.717) is 12.1 Å². The largest absolute Gasteiger partial charge is 0.398 e. The van der Waals surface area contributed by atoms with E-state index in [1.54, 1.807) is 6.07 Å². The first-order valence-corrected chi connectivity index (χ1v) is 8.07. The molecule has 1 aliphatic rings. The SMILES string of the molecule is Nc1ccc(Cl)cc1S(=O)(=O)N1CCc2ccc(F)cc21. The number of sulfonamides is 1. The summed E-state index contributed by atoms with van der Waals surface area (Å²) in [5, 5.41) is 0.279. The molecule has 0 saturated carbocycles. The molecule has 0 aromatic heterocycles. The average molecular weight is 327 g/mol. The monoisotopic (exact) mass is 326 g/mol. The zero-order valence-corrected chi connectivity index (χ0v) is 12.5. The summed E-state index contributed by atoms with van der Waals surface area (Å²) in [6.45, 7) is 0.257. The summed E-state index contributed by atoms with van der Waals surface area (Å²) in [6, 6.07) is 8.42. The molecule has 0 atom stereocenters. The third-order valence-electron chi connectivity index (χ3n) is 3.44. The zero-order chi connectivity index (χ0) is 15.2. The van der Waals surface area contributed by atoms with Crippen molar-refractivity contribution in [3.05, 3.63) is 52.8 Å². The van der Waals surface area contributed by atoms with Crippen molar-refractivity contribution in [3.63, 3.8) is 0 Å². The summed E-state index contributed by atoms with van der Waals surface area (Å²) in [7, 11) is -3.86. The van der Waals surface area contributed by atoms with E-state index in [-0.39, 0.29) is 22.2 Å². The maximum atomic E-state index is 13.4. The Morgan fingerprint density at radius 1 is 1.19 bits per heavy atom. The van der Waals surface area contributed by atoms with Crippen LogP contribution in [0.5, 0.6) is 0 Å². The third-order valence-corrected chi connectivity index (χ3v) is 5.55. The van der Waals surface area contributed by atoms with Crippen LogP contribution in [0.3, 0.4) is 0 Å². The molecule has 4 nitrogen and oxygen atoms in total. The molecule has 7 heteroatoms. The zero-order valence-electron chi connectivity index (χ0n) is 10.9. The molecule has 110 valence electrons. The van der Waals surface area contributed by atoms with Gasteiger partial charge in [0.1, 0.15) is 10.7 Å². The maximum absolute atomic E-state index is 13.4. The van der Waals surface area contributed by atoms with Crippen molar-refractivity contribution in [2.45, 2.75) is 11.3 Å². The van der Waals surface area contributed by atoms with Gasteiger partial charge in [-0.1, -0.05) is 17.7 Å². The lowest BCUT2D eigenvalue weighted by Crippen LogP contribution is -2.29. The maximum Gasteiger partial charge on any atom is 0.266 e. The summed E-state index contributed by atoms with van der Waals surface area (Å²) >= 11 is 5.86. The average Bonchev–Trinajstić information content (AvgIpc) is 2.85. The van der Waals surface area contributed by atoms with Gasteiger partial charge in [0.15, 0.2) is 0 Å². The van der Waals surface area contributed by atoms with Crippen LogP contribution >= 0.6 is 11.6 Å². The second-order valence-electron chi connectivity index (χ2n) is 4.78. The van der Waals surface area contributed by atoms with Crippen LogP contribution in [0.25, 0.3) is 0 Å². The molecule has 0 fully saturated rings. The van der Waals surface area contributed by atoms with Crippen molar-refractivity contribution in [3.8, 4) is 0 Å². The Labute approximate surface area is 127 Å². The number of nitrogens with zero attached hydrogens (tertiary/aromatic N) is 1. The van der Waals surface area contributed by atoms with Gasteiger partial charge in [-0.2, -0.15) is 0 Å². The number of benzene rings is 2. The summed E-state index contributed by atoms with van der Waals surface area (Å²) in [5.41, 5.74) is 7.02.